The number of carbonyl (C=O) groups is 2. The van der Waals surface area contributed by atoms with E-state index in [2.05, 4.69) is 0 Å². The van der Waals surface area contributed by atoms with Crippen molar-refractivity contribution in [1.29, 1.82) is 0 Å². The van der Waals surface area contributed by atoms with Gasteiger partial charge in [0.2, 0.25) is 5.91 Å². The number of alkyl halides is 3. The Morgan fingerprint density at radius 1 is 0.967 bits per heavy atom. The molecule has 1 heterocycles. The molecule has 2 aliphatic rings. The quantitative estimate of drug-likeness (QED) is 0.689. The molecule has 1 amide bonds. The number of hydrogen-bond acceptors (Lipinski definition) is 3. The van der Waals surface area contributed by atoms with E-state index in [4.69, 9.17) is 4.74 Å². The summed E-state index contributed by atoms with van der Waals surface area (Å²) in [5, 5.41) is 0. The Balaban J connectivity index is 1.77. The normalized spacial score (nSPS) is 19.7. The highest BCUT2D eigenvalue weighted by atomic mass is 19.4. The molecule has 0 N–H and O–H groups in total. The van der Waals surface area contributed by atoms with Crippen LogP contribution < -0.4 is 9.64 Å². The first-order chi connectivity index (χ1) is 14.3. The zero-order valence-corrected chi connectivity index (χ0v) is 16.3. The molecule has 4 nitrogen and oxygen atoms in total. The second kappa shape index (κ2) is 7.63. The molecule has 2 aromatic rings. The third kappa shape index (κ3) is 3.60. The van der Waals surface area contributed by atoms with E-state index in [1.54, 1.807) is 19.2 Å². The van der Waals surface area contributed by atoms with Gasteiger partial charge in [-0.25, -0.2) is 0 Å². The number of benzene rings is 2. The van der Waals surface area contributed by atoms with Gasteiger partial charge in [-0.3, -0.25) is 14.5 Å². The number of rotatable bonds is 3. The van der Waals surface area contributed by atoms with E-state index in [1.807, 2.05) is 12.1 Å². The number of carbonyl (C=O) groups excluding carboxylic acids is 2. The second-order valence-electron chi connectivity index (χ2n) is 7.44. The first-order valence-electron chi connectivity index (χ1n) is 9.70. The molecule has 30 heavy (non-hydrogen) atoms. The predicted molar refractivity (Wildman–Crippen MR) is 105 cm³/mol. The van der Waals surface area contributed by atoms with Crippen LogP contribution in [0.4, 0.5) is 18.9 Å². The van der Waals surface area contributed by atoms with Crippen molar-refractivity contribution in [2.24, 2.45) is 0 Å². The van der Waals surface area contributed by atoms with Crippen LogP contribution in [0.3, 0.4) is 0 Å². The van der Waals surface area contributed by atoms with Crippen LogP contribution in [0.2, 0.25) is 0 Å². The lowest BCUT2D eigenvalue weighted by atomic mass is 9.77. The Hall–Kier alpha value is -3.09. The molecule has 0 fully saturated rings. The van der Waals surface area contributed by atoms with Crippen LogP contribution in [0.1, 0.15) is 42.7 Å². The predicted octanol–water partition coefficient (Wildman–Crippen LogP) is 5.24. The number of amides is 1. The summed E-state index contributed by atoms with van der Waals surface area (Å²) in [5.74, 6) is 0.0684. The lowest BCUT2D eigenvalue weighted by molar-refractivity contribution is -0.137. The van der Waals surface area contributed by atoms with Crippen molar-refractivity contribution < 1.29 is 27.5 Å². The average molecular weight is 415 g/mol. The molecule has 2 aromatic carbocycles. The molecule has 1 atom stereocenters. The molecule has 1 aliphatic carbocycles. The molecule has 0 saturated heterocycles. The van der Waals surface area contributed by atoms with Crippen LogP contribution in [0, 0.1) is 0 Å². The molecular formula is C23H20F3NO3. The summed E-state index contributed by atoms with van der Waals surface area (Å²) in [4.78, 5) is 27.3. The van der Waals surface area contributed by atoms with E-state index < -0.39 is 11.7 Å². The minimum absolute atomic E-state index is 0.0125. The van der Waals surface area contributed by atoms with Gasteiger partial charge in [-0.05, 0) is 54.8 Å². The van der Waals surface area contributed by atoms with E-state index in [0.29, 0.717) is 42.0 Å². The van der Waals surface area contributed by atoms with Gasteiger partial charge in [-0.15, -0.1) is 0 Å². The van der Waals surface area contributed by atoms with Gasteiger partial charge in [-0.2, -0.15) is 13.2 Å². The maximum atomic E-state index is 13.1. The average Bonchev–Trinajstić information content (AvgIpc) is 2.73. The van der Waals surface area contributed by atoms with Crippen molar-refractivity contribution in [2.75, 3.05) is 12.0 Å². The van der Waals surface area contributed by atoms with Crippen LogP contribution in [0.25, 0.3) is 0 Å². The Kier molecular flexibility index (Phi) is 5.13. The summed E-state index contributed by atoms with van der Waals surface area (Å²) in [5.41, 5.74) is 1.61. The van der Waals surface area contributed by atoms with E-state index in [-0.39, 0.29) is 24.0 Å². The largest absolute Gasteiger partial charge is 0.497 e. The van der Waals surface area contributed by atoms with Gasteiger partial charge < -0.3 is 4.74 Å². The fourth-order valence-electron chi connectivity index (χ4n) is 4.21. The number of allylic oxidation sites excluding steroid dienone is 2. The number of Topliss-reactive ketones (excluding diaryl/α,β-unsaturated/α-hetero) is 1. The minimum Gasteiger partial charge on any atom is -0.497 e. The lowest BCUT2D eigenvalue weighted by Gasteiger charge is -2.38. The highest BCUT2D eigenvalue weighted by Gasteiger charge is 2.40. The Bertz CT molecular complexity index is 1010. The standard InChI is InChI=1S/C23H20F3NO3/c1-30-17-11-5-14(6-12-17)18-13-21(29)27(19-3-2-4-20(28)22(18)19)16-9-7-15(8-10-16)23(24,25)26/h5-12,18H,2-4,13H2,1H3. The fourth-order valence-corrected chi connectivity index (χ4v) is 4.21. The smallest absolute Gasteiger partial charge is 0.416 e. The van der Waals surface area contributed by atoms with Gasteiger partial charge in [0.15, 0.2) is 5.78 Å². The monoisotopic (exact) mass is 415 g/mol. The van der Waals surface area contributed by atoms with E-state index in [0.717, 1.165) is 17.7 Å². The van der Waals surface area contributed by atoms with Crippen molar-refractivity contribution in [3.63, 3.8) is 0 Å². The Morgan fingerprint density at radius 3 is 2.23 bits per heavy atom. The number of anilines is 1. The van der Waals surface area contributed by atoms with Gasteiger partial charge in [-0.1, -0.05) is 12.1 Å². The topological polar surface area (TPSA) is 46.6 Å². The van der Waals surface area contributed by atoms with Gasteiger partial charge in [0.1, 0.15) is 5.75 Å². The second-order valence-corrected chi connectivity index (χ2v) is 7.44. The number of methoxy groups -OCH3 is 1. The summed E-state index contributed by atoms with van der Waals surface area (Å²) < 4.78 is 43.9. The Morgan fingerprint density at radius 2 is 1.63 bits per heavy atom. The molecule has 156 valence electrons. The van der Waals surface area contributed by atoms with Crippen molar-refractivity contribution in [3.05, 3.63) is 70.9 Å². The van der Waals surface area contributed by atoms with E-state index >= 15 is 0 Å². The van der Waals surface area contributed by atoms with Gasteiger partial charge >= 0.3 is 6.18 Å². The van der Waals surface area contributed by atoms with Crippen molar-refractivity contribution in [2.45, 2.75) is 37.8 Å². The molecular weight excluding hydrogens is 395 g/mol. The van der Waals surface area contributed by atoms with Crippen LogP contribution in [-0.2, 0) is 15.8 Å². The van der Waals surface area contributed by atoms with Crippen LogP contribution in [0.15, 0.2) is 59.8 Å². The number of ether oxygens (including phenoxy) is 1. The first-order valence-corrected chi connectivity index (χ1v) is 9.70. The summed E-state index contributed by atoms with van der Waals surface area (Å²) in [6.07, 6.45) is -2.83. The summed E-state index contributed by atoms with van der Waals surface area (Å²) >= 11 is 0. The summed E-state index contributed by atoms with van der Waals surface area (Å²) in [7, 11) is 1.56. The zero-order valence-electron chi connectivity index (χ0n) is 16.3. The molecule has 0 radical (unpaired) electrons. The van der Waals surface area contributed by atoms with Gasteiger partial charge in [0, 0.05) is 35.7 Å². The fraction of sp³-hybridized carbons (Fsp3) is 0.304. The van der Waals surface area contributed by atoms with Crippen LogP contribution >= 0.6 is 0 Å². The highest BCUT2D eigenvalue weighted by molar-refractivity contribution is 6.07. The SMILES string of the molecule is COc1ccc(C2CC(=O)N(c3ccc(C(F)(F)F)cc3)C3=C2C(=O)CCC3)cc1. The number of hydrogen-bond donors (Lipinski definition) is 0. The number of ketones is 1. The highest BCUT2D eigenvalue weighted by Crippen LogP contribution is 2.44. The number of nitrogens with zero attached hydrogens (tertiary/aromatic N) is 1. The first kappa shape index (κ1) is 20.2. The number of halogens is 3. The lowest BCUT2D eigenvalue weighted by Crippen LogP contribution is -2.40. The molecule has 7 heteroatoms. The van der Waals surface area contributed by atoms with E-state index in [9.17, 15) is 22.8 Å². The maximum absolute atomic E-state index is 13.1. The summed E-state index contributed by atoms with van der Waals surface area (Å²) in [6, 6.07) is 11.8. The molecule has 1 unspecified atom stereocenters. The third-order valence-electron chi connectivity index (χ3n) is 5.65. The Labute approximate surface area is 171 Å². The molecule has 0 saturated carbocycles. The molecule has 0 bridgehead atoms. The molecule has 0 aromatic heterocycles. The van der Waals surface area contributed by atoms with Gasteiger partial charge in [0.05, 0.1) is 12.7 Å². The van der Waals surface area contributed by atoms with Crippen molar-refractivity contribution in [3.8, 4) is 5.75 Å². The molecule has 1 aliphatic heterocycles. The maximum Gasteiger partial charge on any atom is 0.416 e. The summed E-state index contributed by atoms with van der Waals surface area (Å²) in [6.45, 7) is 0. The molecule has 4 rings (SSSR count). The van der Waals surface area contributed by atoms with Crippen molar-refractivity contribution >= 4 is 17.4 Å². The third-order valence-corrected chi connectivity index (χ3v) is 5.65. The molecule has 0 spiro atoms. The van der Waals surface area contributed by atoms with Crippen LogP contribution in [-0.4, -0.2) is 18.8 Å². The minimum atomic E-state index is -4.45. The van der Waals surface area contributed by atoms with Crippen LogP contribution in [0.5, 0.6) is 5.75 Å². The van der Waals surface area contributed by atoms with E-state index in [1.165, 1.54) is 17.0 Å². The zero-order chi connectivity index (χ0) is 21.5. The van der Waals surface area contributed by atoms with Gasteiger partial charge in [0.25, 0.3) is 0 Å². The van der Waals surface area contributed by atoms with Crippen molar-refractivity contribution in [1.82, 2.24) is 0 Å².